The highest BCUT2D eigenvalue weighted by Crippen LogP contribution is 2.49. The zero-order chi connectivity index (χ0) is 18.5. The van der Waals surface area contributed by atoms with Crippen molar-refractivity contribution >= 4 is 11.8 Å². The Labute approximate surface area is 145 Å². The largest absolute Gasteiger partial charge is 0.444 e. The number of halogens is 3. The minimum absolute atomic E-state index is 0.353. The van der Waals surface area contributed by atoms with E-state index in [0.29, 0.717) is 43.7 Å². The van der Waals surface area contributed by atoms with Gasteiger partial charge in [-0.25, -0.2) is 4.79 Å². The quantitative estimate of drug-likeness (QED) is 0.749. The van der Waals surface area contributed by atoms with Gasteiger partial charge in [0.25, 0.3) is 0 Å². The molecule has 0 atom stereocenters. The van der Waals surface area contributed by atoms with E-state index in [9.17, 15) is 18.0 Å². The lowest BCUT2D eigenvalue weighted by Crippen LogP contribution is -2.48. The van der Waals surface area contributed by atoms with Crippen LogP contribution in [0.3, 0.4) is 0 Å². The number of fused-ring (bicyclic) bond motifs is 2. The van der Waals surface area contributed by atoms with Crippen LogP contribution >= 0.6 is 0 Å². The summed E-state index contributed by atoms with van der Waals surface area (Å²) in [5.41, 5.74) is -0.829. The van der Waals surface area contributed by atoms with Gasteiger partial charge in [-0.1, -0.05) is 6.07 Å². The van der Waals surface area contributed by atoms with E-state index in [1.54, 1.807) is 31.7 Å². The summed E-state index contributed by atoms with van der Waals surface area (Å²) in [6, 6.07) is 4.27. The predicted molar refractivity (Wildman–Crippen MR) is 88.7 cm³/mol. The molecule has 3 rings (SSSR count). The molecule has 2 aliphatic rings. The smallest absolute Gasteiger partial charge is 0.416 e. The third kappa shape index (κ3) is 3.41. The Morgan fingerprint density at radius 3 is 2.40 bits per heavy atom. The number of anilines is 1. The summed E-state index contributed by atoms with van der Waals surface area (Å²) in [4.78, 5) is 13.8. The number of carbonyl (C=O) groups excluding carboxylic acids is 1. The maximum Gasteiger partial charge on any atom is 0.416 e. The van der Waals surface area contributed by atoms with Crippen molar-refractivity contribution in [3.05, 3.63) is 29.3 Å². The first kappa shape index (κ1) is 17.9. The van der Waals surface area contributed by atoms with Crippen LogP contribution in [0.5, 0.6) is 0 Å². The van der Waals surface area contributed by atoms with E-state index < -0.39 is 28.8 Å². The van der Waals surface area contributed by atoms with Crippen LogP contribution in [0, 0.1) is 0 Å². The average Bonchev–Trinajstić information content (AvgIpc) is 2.84. The number of alkyl halides is 3. The van der Waals surface area contributed by atoms with Crippen LogP contribution in [0.2, 0.25) is 0 Å². The van der Waals surface area contributed by atoms with E-state index in [4.69, 9.17) is 4.74 Å². The fourth-order valence-electron chi connectivity index (χ4n) is 3.73. The zero-order valence-electron chi connectivity index (χ0n) is 14.7. The summed E-state index contributed by atoms with van der Waals surface area (Å²) >= 11 is 0. The number of likely N-dealkylation sites (tertiary alicyclic amines) is 1. The Bertz CT molecular complexity index is 672. The number of ether oxygens (including phenoxy) is 1. The van der Waals surface area contributed by atoms with E-state index in [2.05, 4.69) is 5.32 Å². The molecular weight excluding hydrogens is 333 g/mol. The van der Waals surface area contributed by atoms with E-state index >= 15 is 0 Å². The van der Waals surface area contributed by atoms with E-state index in [1.165, 1.54) is 6.07 Å². The third-order valence-electron chi connectivity index (χ3n) is 4.89. The van der Waals surface area contributed by atoms with Crippen molar-refractivity contribution < 1.29 is 22.7 Å². The molecule has 0 aromatic heterocycles. The SMILES string of the molecule is CC(C)(C)OC(=O)N1CCC2(CC1)CNc1cccc(C(F)(F)F)c12. The number of hydrogen-bond acceptors (Lipinski definition) is 3. The van der Waals surface area contributed by atoms with E-state index in [1.807, 2.05) is 0 Å². The van der Waals surface area contributed by atoms with Crippen LogP contribution in [-0.2, 0) is 16.3 Å². The second-order valence-electron chi connectivity index (χ2n) is 7.83. The lowest BCUT2D eigenvalue weighted by Gasteiger charge is -2.40. The summed E-state index contributed by atoms with van der Waals surface area (Å²) in [5.74, 6) is 0. The summed E-state index contributed by atoms with van der Waals surface area (Å²) in [5, 5.41) is 3.12. The maximum absolute atomic E-state index is 13.5. The molecule has 1 aromatic rings. The molecule has 138 valence electrons. The van der Waals surface area contributed by atoms with Crippen molar-refractivity contribution in [2.45, 2.75) is 50.8 Å². The van der Waals surface area contributed by atoms with Gasteiger partial charge in [-0.15, -0.1) is 0 Å². The van der Waals surface area contributed by atoms with Gasteiger partial charge in [0, 0.05) is 30.7 Å². The Kier molecular flexibility index (Phi) is 4.16. The molecule has 0 unspecified atom stereocenters. The highest BCUT2D eigenvalue weighted by atomic mass is 19.4. The molecule has 1 N–H and O–H groups in total. The number of amides is 1. The Balaban J connectivity index is 1.82. The van der Waals surface area contributed by atoms with E-state index in [-0.39, 0.29) is 0 Å². The number of hydrogen-bond donors (Lipinski definition) is 1. The molecule has 7 heteroatoms. The monoisotopic (exact) mass is 356 g/mol. The van der Waals surface area contributed by atoms with Gasteiger partial charge in [0.15, 0.2) is 0 Å². The van der Waals surface area contributed by atoms with Gasteiger partial charge in [0.2, 0.25) is 0 Å². The number of rotatable bonds is 0. The van der Waals surface area contributed by atoms with Crippen molar-refractivity contribution in [3.63, 3.8) is 0 Å². The number of piperidine rings is 1. The van der Waals surface area contributed by atoms with Crippen molar-refractivity contribution in [1.29, 1.82) is 0 Å². The number of nitrogens with zero attached hydrogens (tertiary/aromatic N) is 1. The highest BCUT2D eigenvalue weighted by molar-refractivity contribution is 5.69. The molecule has 0 saturated carbocycles. The first-order valence-corrected chi connectivity index (χ1v) is 8.44. The molecule has 0 radical (unpaired) electrons. The zero-order valence-corrected chi connectivity index (χ0v) is 14.7. The minimum Gasteiger partial charge on any atom is -0.444 e. The Hall–Kier alpha value is -1.92. The van der Waals surface area contributed by atoms with Crippen LogP contribution in [0.4, 0.5) is 23.7 Å². The average molecular weight is 356 g/mol. The van der Waals surface area contributed by atoms with Crippen molar-refractivity contribution in [2.75, 3.05) is 25.0 Å². The Morgan fingerprint density at radius 2 is 1.84 bits per heavy atom. The molecule has 4 nitrogen and oxygen atoms in total. The summed E-state index contributed by atoms with van der Waals surface area (Å²) < 4.78 is 45.7. The van der Waals surface area contributed by atoms with E-state index in [0.717, 1.165) is 6.07 Å². The Morgan fingerprint density at radius 1 is 1.20 bits per heavy atom. The standard InChI is InChI=1S/C18H23F3N2O2/c1-16(2,3)25-15(24)23-9-7-17(8-10-23)11-22-13-6-4-5-12(14(13)17)18(19,20)21/h4-6,22H,7-11H2,1-3H3. The summed E-state index contributed by atoms with van der Waals surface area (Å²) in [7, 11) is 0. The van der Waals surface area contributed by atoms with Crippen molar-refractivity contribution in [2.24, 2.45) is 0 Å². The first-order chi connectivity index (χ1) is 11.5. The topological polar surface area (TPSA) is 41.6 Å². The van der Waals surface area contributed by atoms with Crippen LogP contribution in [0.1, 0.15) is 44.7 Å². The number of nitrogens with one attached hydrogen (secondary N) is 1. The molecule has 2 aliphatic heterocycles. The molecule has 1 saturated heterocycles. The molecule has 1 amide bonds. The molecule has 1 aromatic carbocycles. The predicted octanol–water partition coefficient (Wildman–Crippen LogP) is 4.40. The molecule has 2 heterocycles. The van der Waals surface area contributed by atoms with Crippen LogP contribution in [0.15, 0.2) is 18.2 Å². The fraction of sp³-hybridized carbons (Fsp3) is 0.611. The van der Waals surface area contributed by atoms with Crippen LogP contribution in [-0.4, -0.2) is 36.2 Å². The first-order valence-electron chi connectivity index (χ1n) is 8.44. The van der Waals surface area contributed by atoms with Gasteiger partial charge in [-0.2, -0.15) is 13.2 Å². The number of carbonyl (C=O) groups is 1. The van der Waals surface area contributed by atoms with Crippen molar-refractivity contribution in [3.8, 4) is 0 Å². The van der Waals surface area contributed by atoms with Gasteiger partial charge in [0.05, 0.1) is 5.56 Å². The van der Waals surface area contributed by atoms with Gasteiger partial charge >= 0.3 is 12.3 Å². The lowest BCUT2D eigenvalue weighted by molar-refractivity contribution is -0.138. The molecule has 0 bridgehead atoms. The fourth-order valence-corrected chi connectivity index (χ4v) is 3.73. The highest BCUT2D eigenvalue weighted by Gasteiger charge is 2.48. The number of benzene rings is 1. The minimum atomic E-state index is -4.38. The molecule has 0 aliphatic carbocycles. The van der Waals surface area contributed by atoms with Gasteiger partial charge < -0.3 is 15.0 Å². The van der Waals surface area contributed by atoms with Crippen LogP contribution in [0.25, 0.3) is 0 Å². The second kappa shape index (κ2) is 5.81. The van der Waals surface area contributed by atoms with Gasteiger partial charge in [-0.3, -0.25) is 0 Å². The normalized spacial score (nSPS) is 19.5. The summed E-state index contributed by atoms with van der Waals surface area (Å²) in [6.07, 6.45) is -3.82. The molecule has 1 fully saturated rings. The third-order valence-corrected chi connectivity index (χ3v) is 4.89. The van der Waals surface area contributed by atoms with Gasteiger partial charge in [-0.05, 0) is 51.3 Å². The maximum atomic E-state index is 13.5. The molecule has 25 heavy (non-hydrogen) atoms. The van der Waals surface area contributed by atoms with Gasteiger partial charge in [0.1, 0.15) is 5.60 Å². The van der Waals surface area contributed by atoms with Crippen molar-refractivity contribution in [1.82, 2.24) is 4.90 Å². The second-order valence-corrected chi connectivity index (χ2v) is 7.83. The molecular formula is C18H23F3N2O2. The summed E-state index contributed by atoms with van der Waals surface area (Å²) in [6.45, 7) is 6.64. The van der Waals surface area contributed by atoms with Crippen LogP contribution < -0.4 is 5.32 Å². The lowest BCUT2D eigenvalue weighted by atomic mass is 9.72. The molecule has 1 spiro atoms.